The average molecular weight is 428 g/mol. The van der Waals surface area contributed by atoms with Gasteiger partial charge >= 0.3 is 5.97 Å². The molecule has 0 aliphatic carbocycles. The van der Waals surface area contributed by atoms with E-state index in [4.69, 9.17) is 13.9 Å². The van der Waals surface area contributed by atoms with Crippen LogP contribution in [0.1, 0.15) is 50.5 Å². The Hall–Kier alpha value is -3.06. The quantitative estimate of drug-likeness (QED) is 0.485. The Balaban J connectivity index is 2.04. The zero-order valence-corrected chi connectivity index (χ0v) is 18.6. The van der Waals surface area contributed by atoms with Crippen LogP contribution in [0.4, 0.5) is 5.00 Å². The van der Waals surface area contributed by atoms with Crippen LogP contribution in [0, 0.1) is 20.8 Å². The Morgan fingerprint density at radius 3 is 2.40 bits per heavy atom. The summed E-state index contributed by atoms with van der Waals surface area (Å²) in [4.78, 5) is 26.7. The molecule has 2 heterocycles. The molecule has 0 radical (unpaired) electrons. The molecule has 30 heavy (non-hydrogen) atoms. The molecule has 0 unspecified atom stereocenters. The van der Waals surface area contributed by atoms with E-state index in [2.05, 4.69) is 5.32 Å². The van der Waals surface area contributed by atoms with E-state index in [9.17, 15) is 9.59 Å². The fraction of sp³-hybridized carbons (Fsp3) is 0.304. The summed E-state index contributed by atoms with van der Waals surface area (Å²) in [7, 11) is 1.60. The van der Waals surface area contributed by atoms with Crippen molar-refractivity contribution in [1.82, 2.24) is 0 Å². The number of furan rings is 1. The van der Waals surface area contributed by atoms with Crippen molar-refractivity contribution < 1.29 is 23.5 Å². The summed E-state index contributed by atoms with van der Waals surface area (Å²) in [6.45, 7) is 7.69. The number of nitrogens with one attached hydrogen (secondary N) is 1. The summed E-state index contributed by atoms with van der Waals surface area (Å²) in [5.41, 5.74) is 2.41. The molecule has 0 spiro atoms. The number of anilines is 1. The SMILES string of the molecule is CCCOC(=O)c1c(NC(=O)c2cc(C)oc2C)sc(C)c1-c1ccc(OC)cc1. The fourth-order valence-electron chi connectivity index (χ4n) is 3.23. The molecule has 0 fully saturated rings. The third-order valence-corrected chi connectivity index (χ3v) is 5.64. The van der Waals surface area contributed by atoms with Gasteiger partial charge in [0.15, 0.2) is 0 Å². The zero-order valence-electron chi connectivity index (χ0n) is 17.8. The highest BCUT2D eigenvalue weighted by Gasteiger charge is 2.26. The summed E-state index contributed by atoms with van der Waals surface area (Å²) in [6.07, 6.45) is 0.710. The lowest BCUT2D eigenvalue weighted by Crippen LogP contribution is -2.15. The molecule has 0 aliphatic heterocycles. The van der Waals surface area contributed by atoms with Crippen molar-refractivity contribution in [2.24, 2.45) is 0 Å². The lowest BCUT2D eigenvalue weighted by atomic mass is 10.0. The van der Waals surface area contributed by atoms with Crippen LogP contribution in [-0.4, -0.2) is 25.6 Å². The predicted molar refractivity (Wildman–Crippen MR) is 118 cm³/mol. The number of rotatable bonds is 7. The number of esters is 1. The molecule has 1 amide bonds. The highest BCUT2D eigenvalue weighted by Crippen LogP contribution is 2.41. The van der Waals surface area contributed by atoms with Crippen molar-refractivity contribution in [2.75, 3.05) is 19.0 Å². The highest BCUT2D eigenvalue weighted by molar-refractivity contribution is 7.17. The first-order chi connectivity index (χ1) is 14.3. The minimum Gasteiger partial charge on any atom is -0.497 e. The van der Waals surface area contributed by atoms with Gasteiger partial charge in [-0.15, -0.1) is 11.3 Å². The second-order valence-electron chi connectivity index (χ2n) is 6.88. The topological polar surface area (TPSA) is 77.8 Å². The maximum Gasteiger partial charge on any atom is 0.341 e. The lowest BCUT2D eigenvalue weighted by Gasteiger charge is -2.10. The molecule has 7 heteroatoms. The maximum absolute atomic E-state index is 12.9. The molecular weight excluding hydrogens is 402 g/mol. The Morgan fingerprint density at radius 2 is 1.83 bits per heavy atom. The van der Waals surface area contributed by atoms with E-state index in [1.54, 1.807) is 27.0 Å². The standard InChI is InChI=1S/C23H25NO5S/c1-6-11-28-23(26)20-19(16-7-9-17(27-5)10-8-16)15(4)30-22(20)24-21(25)18-12-13(2)29-14(18)3/h7-10,12H,6,11H2,1-5H3,(H,24,25). The first-order valence-electron chi connectivity index (χ1n) is 9.69. The Labute approximate surface area is 179 Å². The van der Waals surface area contributed by atoms with Crippen LogP contribution < -0.4 is 10.1 Å². The van der Waals surface area contributed by atoms with E-state index < -0.39 is 5.97 Å². The minimum absolute atomic E-state index is 0.309. The maximum atomic E-state index is 12.9. The van der Waals surface area contributed by atoms with Crippen molar-refractivity contribution in [3.8, 4) is 16.9 Å². The Bertz CT molecular complexity index is 1060. The first kappa shape index (κ1) is 21.6. The van der Waals surface area contributed by atoms with Gasteiger partial charge in [-0.25, -0.2) is 4.79 Å². The number of benzene rings is 1. The van der Waals surface area contributed by atoms with Crippen LogP contribution in [-0.2, 0) is 4.74 Å². The van der Waals surface area contributed by atoms with Crippen LogP contribution in [0.2, 0.25) is 0 Å². The highest BCUT2D eigenvalue weighted by atomic mass is 32.1. The van der Waals surface area contributed by atoms with Crippen molar-refractivity contribution in [3.63, 3.8) is 0 Å². The Morgan fingerprint density at radius 1 is 1.13 bits per heavy atom. The van der Waals surface area contributed by atoms with E-state index >= 15 is 0 Å². The number of amides is 1. The van der Waals surface area contributed by atoms with E-state index in [0.29, 0.717) is 40.7 Å². The van der Waals surface area contributed by atoms with Gasteiger partial charge in [0.25, 0.3) is 5.91 Å². The van der Waals surface area contributed by atoms with E-state index in [0.717, 1.165) is 21.8 Å². The summed E-state index contributed by atoms with van der Waals surface area (Å²) in [5, 5.41) is 3.35. The van der Waals surface area contributed by atoms with E-state index in [-0.39, 0.29) is 5.91 Å². The molecule has 0 aliphatic rings. The third-order valence-electron chi connectivity index (χ3n) is 4.62. The average Bonchev–Trinajstić information content (AvgIpc) is 3.24. The largest absolute Gasteiger partial charge is 0.497 e. The molecule has 0 saturated carbocycles. The number of carbonyl (C=O) groups is 2. The van der Waals surface area contributed by atoms with Crippen LogP contribution in [0.15, 0.2) is 34.7 Å². The van der Waals surface area contributed by atoms with E-state index in [1.165, 1.54) is 11.3 Å². The van der Waals surface area contributed by atoms with Crippen molar-refractivity contribution in [2.45, 2.75) is 34.1 Å². The molecule has 0 atom stereocenters. The van der Waals surface area contributed by atoms with Crippen LogP contribution in [0.25, 0.3) is 11.1 Å². The van der Waals surface area contributed by atoms with Gasteiger partial charge in [-0.3, -0.25) is 4.79 Å². The molecule has 1 aromatic carbocycles. The molecule has 1 N–H and O–H groups in total. The molecule has 3 aromatic rings. The van der Waals surface area contributed by atoms with Gasteiger partial charge in [0.05, 0.1) is 19.3 Å². The van der Waals surface area contributed by atoms with Gasteiger partial charge in [-0.2, -0.15) is 0 Å². The van der Waals surface area contributed by atoms with Crippen molar-refractivity contribution >= 4 is 28.2 Å². The van der Waals surface area contributed by atoms with Crippen LogP contribution >= 0.6 is 11.3 Å². The zero-order chi connectivity index (χ0) is 21.8. The lowest BCUT2D eigenvalue weighted by molar-refractivity contribution is 0.0507. The second kappa shape index (κ2) is 9.17. The fourth-order valence-corrected chi connectivity index (χ4v) is 4.29. The van der Waals surface area contributed by atoms with Gasteiger partial charge in [-0.1, -0.05) is 19.1 Å². The smallest absolute Gasteiger partial charge is 0.341 e. The summed E-state index contributed by atoms with van der Waals surface area (Å²) >= 11 is 1.35. The number of methoxy groups -OCH3 is 1. The van der Waals surface area contributed by atoms with Crippen LogP contribution in [0.3, 0.4) is 0 Å². The summed E-state index contributed by atoms with van der Waals surface area (Å²) in [5.74, 6) is 1.13. The van der Waals surface area contributed by atoms with Gasteiger partial charge in [-0.05, 0) is 51.0 Å². The molecular formula is C23H25NO5S. The second-order valence-corrected chi connectivity index (χ2v) is 8.11. The van der Waals surface area contributed by atoms with Gasteiger partial charge in [0.2, 0.25) is 0 Å². The molecule has 6 nitrogen and oxygen atoms in total. The summed E-state index contributed by atoms with van der Waals surface area (Å²) < 4.78 is 16.1. The minimum atomic E-state index is -0.456. The number of hydrogen-bond donors (Lipinski definition) is 1. The number of carbonyl (C=O) groups excluding carboxylic acids is 2. The monoisotopic (exact) mass is 427 g/mol. The van der Waals surface area contributed by atoms with Crippen LogP contribution in [0.5, 0.6) is 5.75 Å². The van der Waals surface area contributed by atoms with Crippen molar-refractivity contribution in [1.29, 1.82) is 0 Å². The van der Waals surface area contributed by atoms with Gasteiger partial charge < -0.3 is 19.2 Å². The molecule has 0 saturated heterocycles. The predicted octanol–water partition coefficient (Wildman–Crippen LogP) is 5.76. The molecule has 0 bridgehead atoms. The Kier molecular flexibility index (Phi) is 6.62. The first-order valence-corrected chi connectivity index (χ1v) is 10.5. The third kappa shape index (κ3) is 4.41. The number of thiophene rings is 1. The number of hydrogen-bond acceptors (Lipinski definition) is 6. The molecule has 2 aromatic heterocycles. The summed E-state index contributed by atoms with van der Waals surface area (Å²) in [6, 6.07) is 9.14. The molecule has 158 valence electrons. The van der Waals surface area contributed by atoms with Gasteiger partial charge in [0.1, 0.15) is 27.8 Å². The van der Waals surface area contributed by atoms with E-state index in [1.807, 2.05) is 38.1 Å². The number of aryl methyl sites for hydroxylation is 3. The normalized spacial score (nSPS) is 10.7. The number of ether oxygens (including phenoxy) is 2. The van der Waals surface area contributed by atoms with Gasteiger partial charge in [0, 0.05) is 10.4 Å². The van der Waals surface area contributed by atoms with Crippen molar-refractivity contribution in [3.05, 3.63) is 57.9 Å². The molecule has 3 rings (SSSR count).